The van der Waals surface area contributed by atoms with Gasteiger partial charge in [-0.25, -0.2) is 14.4 Å². The van der Waals surface area contributed by atoms with Gasteiger partial charge in [-0.15, -0.1) is 0 Å². The summed E-state index contributed by atoms with van der Waals surface area (Å²) in [5.41, 5.74) is 0. The number of aliphatic carboxylic acids is 4. The Labute approximate surface area is 113 Å². The fourth-order valence-corrected chi connectivity index (χ4v) is 1.78. The molecule has 0 aliphatic carbocycles. The number of rotatable bonds is 11. The topological polar surface area (TPSA) is 161 Å². The molecular weight excluding hydrogens is 276 g/mol. The van der Waals surface area contributed by atoms with Crippen LogP contribution >= 0.6 is 0 Å². The van der Waals surface area contributed by atoms with Gasteiger partial charge in [-0.2, -0.15) is 0 Å². The first-order valence-electron chi connectivity index (χ1n) is 5.60. The molecule has 114 valence electrons. The molecule has 20 heavy (non-hydrogen) atoms. The molecule has 0 heterocycles. The summed E-state index contributed by atoms with van der Waals surface area (Å²) >= 11 is 0. The van der Waals surface area contributed by atoms with Crippen LogP contribution in [-0.2, 0) is 19.2 Å². The molecule has 0 saturated carbocycles. The van der Waals surface area contributed by atoms with E-state index in [2.05, 4.69) is 5.32 Å². The maximum atomic E-state index is 10.8. The Kier molecular flexibility index (Phi) is 7.18. The zero-order chi connectivity index (χ0) is 15.8. The van der Waals surface area contributed by atoms with Gasteiger partial charge in [0, 0.05) is 6.54 Å². The maximum absolute atomic E-state index is 10.8. The molecule has 0 fully saturated rings. The van der Waals surface area contributed by atoms with Gasteiger partial charge in [-0.05, 0) is 0 Å². The normalized spacial score (nSPS) is 11.0. The first-order chi connectivity index (χ1) is 9.17. The third-order valence-electron chi connectivity index (χ3n) is 2.45. The van der Waals surface area contributed by atoms with E-state index in [0.29, 0.717) is 0 Å². The van der Waals surface area contributed by atoms with Gasteiger partial charge in [0.25, 0.3) is 0 Å². The number of carbonyl (C=O) groups is 4. The molecule has 0 unspecified atom stereocenters. The second-order valence-corrected chi connectivity index (χ2v) is 4.29. The number of nitrogens with zero attached hydrogens (tertiary/aromatic N) is 1. The smallest absolute Gasteiger partial charge is 0.359 e. The first-order valence-corrected chi connectivity index (χ1v) is 5.60. The molecule has 5 N–H and O–H groups in total. The number of quaternary nitrogens is 1. The zero-order valence-corrected chi connectivity index (χ0v) is 10.6. The Morgan fingerprint density at radius 3 is 1.45 bits per heavy atom. The van der Waals surface area contributed by atoms with Crippen molar-refractivity contribution in [3.8, 4) is 0 Å². The van der Waals surface area contributed by atoms with E-state index in [9.17, 15) is 19.2 Å². The first kappa shape index (κ1) is 17.8. The number of hydrogen-bond acceptors (Lipinski definition) is 5. The molecule has 0 saturated heterocycles. The summed E-state index contributed by atoms with van der Waals surface area (Å²) in [7, 11) is 0. The van der Waals surface area contributed by atoms with Crippen molar-refractivity contribution >= 4 is 23.9 Å². The molecule has 0 spiro atoms. The monoisotopic (exact) mass is 293 g/mol. The summed E-state index contributed by atoms with van der Waals surface area (Å²) in [6, 6.07) is 0. The average molecular weight is 293 g/mol. The molecule has 10 heteroatoms. The lowest BCUT2D eigenvalue weighted by Gasteiger charge is -2.34. The number of carboxylic acids is 4. The van der Waals surface area contributed by atoms with Crippen molar-refractivity contribution in [2.24, 2.45) is 0 Å². The van der Waals surface area contributed by atoms with Gasteiger partial charge in [0.15, 0.2) is 19.6 Å². The summed E-state index contributed by atoms with van der Waals surface area (Å²) in [6.45, 7) is -2.54. The van der Waals surface area contributed by atoms with Crippen LogP contribution in [0.5, 0.6) is 0 Å². The van der Waals surface area contributed by atoms with E-state index in [1.54, 1.807) is 0 Å². The lowest BCUT2D eigenvalue weighted by atomic mass is 10.3. The van der Waals surface area contributed by atoms with Gasteiger partial charge in [0.05, 0.1) is 13.1 Å². The molecule has 0 rings (SSSR count). The van der Waals surface area contributed by atoms with Crippen molar-refractivity contribution in [2.45, 2.75) is 0 Å². The number of hydrogen-bond donors (Lipinski definition) is 5. The molecule has 0 atom stereocenters. The van der Waals surface area contributed by atoms with Crippen LogP contribution in [0.1, 0.15) is 0 Å². The second kappa shape index (κ2) is 8.07. The van der Waals surface area contributed by atoms with Crippen LogP contribution in [0.15, 0.2) is 0 Å². The quantitative estimate of drug-likeness (QED) is 0.209. The van der Waals surface area contributed by atoms with Crippen LogP contribution in [0.3, 0.4) is 0 Å². The Balaban J connectivity index is 4.85. The van der Waals surface area contributed by atoms with E-state index >= 15 is 0 Å². The van der Waals surface area contributed by atoms with Gasteiger partial charge in [-0.3, -0.25) is 9.28 Å². The van der Waals surface area contributed by atoms with Crippen molar-refractivity contribution in [2.75, 3.05) is 39.3 Å². The molecular formula is C10H17N2O8+. The molecule has 0 bridgehead atoms. The zero-order valence-electron chi connectivity index (χ0n) is 10.6. The summed E-state index contributed by atoms with van der Waals surface area (Å²) in [5, 5.41) is 37.3. The van der Waals surface area contributed by atoms with E-state index in [-0.39, 0.29) is 19.6 Å². The Morgan fingerprint density at radius 2 is 1.15 bits per heavy atom. The Bertz CT molecular complexity index is 354. The van der Waals surface area contributed by atoms with Crippen LogP contribution in [0.25, 0.3) is 0 Å². The van der Waals surface area contributed by atoms with Gasteiger partial charge in [-0.1, -0.05) is 0 Å². The third-order valence-corrected chi connectivity index (χ3v) is 2.45. The fraction of sp³-hybridized carbons (Fsp3) is 0.600. The highest BCUT2D eigenvalue weighted by Gasteiger charge is 2.35. The summed E-state index contributed by atoms with van der Waals surface area (Å²) in [5.74, 6) is -5.11. The number of nitrogens with one attached hydrogen (secondary N) is 1. The minimum Gasteiger partial charge on any atom is -0.480 e. The van der Waals surface area contributed by atoms with Crippen LogP contribution in [0.4, 0.5) is 0 Å². The van der Waals surface area contributed by atoms with Crippen molar-refractivity contribution in [3.05, 3.63) is 0 Å². The lowest BCUT2D eigenvalue weighted by molar-refractivity contribution is -0.906. The van der Waals surface area contributed by atoms with Gasteiger partial charge < -0.3 is 25.7 Å². The number of carboxylic acid groups (broad SMARTS) is 4. The second-order valence-electron chi connectivity index (χ2n) is 4.29. The van der Waals surface area contributed by atoms with Crippen LogP contribution in [-0.4, -0.2) is 88.1 Å². The van der Waals surface area contributed by atoms with E-state index in [1.165, 1.54) is 0 Å². The third kappa shape index (κ3) is 8.00. The molecule has 10 nitrogen and oxygen atoms in total. The van der Waals surface area contributed by atoms with Crippen LogP contribution in [0, 0.1) is 0 Å². The Hall–Kier alpha value is -2.20. The fourth-order valence-electron chi connectivity index (χ4n) is 1.78. The van der Waals surface area contributed by atoms with E-state index in [0.717, 1.165) is 0 Å². The predicted molar refractivity (Wildman–Crippen MR) is 63.1 cm³/mol. The van der Waals surface area contributed by atoms with Crippen LogP contribution < -0.4 is 5.32 Å². The van der Waals surface area contributed by atoms with Crippen molar-refractivity contribution in [3.63, 3.8) is 0 Å². The lowest BCUT2D eigenvalue weighted by Crippen LogP contribution is -2.59. The molecule has 0 aromatic heterocycles. The summed E-state index contributed by atoms with van der Waals surface area (Å²) in [4.78, 5) is 42.7. The highest BCUT2D eigenvalue weighted by Crippen LogP contribution is 2.06. The maximum Gasteiger partial charge on any atom is 0.359 e. The largest absolute Gasteiger partial charge is 0.480 e. The molecule has 0 aromatic rings. The predicted octanol–water partition coefficient (Wildman–Crippen LogP) is -2.27. The SMILES string of the molecule is O=C(O)CNCC[N+](CC(=O)O)(CC(=O)O)CC(=O)O. The van der Waals surface area contributed by atoms with Gasteiger partial charge >= 0.3 is 23.9 Å². The summed E-state index contributed by atoms with van der Waals surface area (Å²) in [6.07, 6.45) is 0. The van der Waals surface area contributed by atoms with Gasteiger partial charge in [0.2, 0.25) is 0 Å². The standard InChI is InChI=1S/C10H16N2O8/c13-7(14)3-11-1-2-12(4-8(15)16,5-9(17)18)6-10(19)20/h11H,1-6H2,(H3-,13,14,15,16,17,18,19,20)/p+1. The molecule has 0 aliphatic heterocycles. The highest BCUT2D eigenvalue weighted by atomic mass is 16.4. The molecule has 0 amide bonds. The van der Waals surface area contributed by atoms with Crippen molar-refractivity contribution in [1.29, 1.82) is 0 Å². The van der Waals surface area contributed by atoms with Crippen molar-refractivity contribution < 1.29 is 44.1 Å². The summed E-state index contributed by atoms with van der Waals surface area (Å²) < 4.78 is -0.702. The van der Waals surface area contributed by atoms with Crippen molar-refractivity contribution in [1.82, 2.24) is 5.32 Å². The highest BCUT2D eigenvalue weighted by molar-refractivity contribution is 5.73. The van der Waals surface area contributed by atoms with E-state index in [4.69, 9.17) is 20.4 Å². The minimum atomic E-state index is -1.33. The van der Waals surface area contributed by atoms with Gasteiger partial charge in [0.1, 0.15) is 0 Å². The van der Waals surface area contributed by atoms with E-state index < -0.39 is 48.0 Å². The molecule has 0 aromatic carbocycles. The van der Waals surface area contributed by atoms with Crippen LogP contribution in [0.2, 0.25) is 0 Å². The van der Waals surface area contributed by atoms with E-state index in [1.807, 2.05) is 0 Å². The minimum absolute atomic E-state index is 0.0137. The molecule has 0 radical (unpaired) electrons. The average Bonchev–Trinajstić information content (AvgIpc) is 2.20. The molecule has 0 aliphatic rings. The Morgan fingerprint density at radius 1 is 0.750 bits per heavy atom.